The van der Waals surface area contributed by atoms with Crippen LogP contribution in [0.5, 0.6) is 0 Å². The van der Waals surface area contributed by atoms with Gasteiger partial charge in [0, 0.05) is 35.3 Å². The van der Waals surface area contributed by atoms with Gasteiger partial charge in [-0.3, -0.25) is 4.98 Å². The number of pyridine rings is 1. The molecular weight excluding hydrogens is 282 g/mol. The summed E-state index contributed by atoms with van der Waals surface area (Å²) in [5.41, 5.74) is 6.22. The molecular formula is C20H17N3. The Hall–Kier alpha value is -2.86. The minimum absolute atomic E-state index is 0.0550. The molecule has 3 heteroatoms. The van der Waals surface area contributed by atoms with Crippen LogP contribution >= 0.6 is 0 Å². The average Bonchev–Trinajstić information content (AvgIpc) is 2.96. The second-order valence-corrected chi connectivity index (χ2v) is 6.63. The predicted molar refractivity (Wildman–Crippen MR) is 90.8 cm³/mol. The summed E-state index contributed by atoms with van der Waals surface area (Å²) in [7, 11) is 0. The third-order valence-corrected chi connectivity index (χ3v) is 4.66. The van der Waals surface area contributed by atoms with Gasteiger partial charge in [0.25, 0.3) is 0 Å². The molecule has 0 fully saturated rings. The van der Waals surface area contributed by atoms with E-state index >= 15 is 0 Å². The van der Waals surface area contributed by atoms with Crippen LogP contribution in [0.1, 0.15) is 25.0 Å². The summed E-state index contributed by atoms with van der Waals surface area (Å²) in [6, 6.07) is 14.8. The van der Waals surface area contributed by atoms with Crippen LogP contribution in [0.3, 0.4) is 0 Å². The fourth-order valence-electron chi connectivity index (χ4n) is 3.57. The Labute approximate surface area is 135 Å². The first kappa shape index (κ1) is 13.8. The number of benzene rings is 1. The lowest BCUT2D eigenvalue weighted by molar-refractivity contribution is 0.350. The van der Waals surface area contributed by atoms with Crippen LogP contribution in [0.15, 0.2) is 55.0 Å². The summed E-state index contributed by atoms with van der Waals surface area (Å²) in [5, 5.41) is 9.84. The van der Waals surface area contributed by atoms with Crippen LogP contribution in [-0.2, 0) is 12.0 Å². The molecule has 1 aliphatic rings. The molecule has 3 nitrogen and oxygen atoms in total. The highest BCUT2D eigenvalue weighted by Gasteiger charge is 2.33. The first-order valence-electron chi connectivity index (χ1n) is 7.76. The molecule has 3 heterocycles. The summed E-state index contributed by atoms with van der Waals surface area (Å²) in [6.45, 7) is 4.45. The lowest BCUT2D eigenvalue weighted by atomic mass is 9.85. The van der Waals surface area contributed by atoms with E-state index in [0.717, 1.165) is 28.8 Å². The van der Waals surface area contributed by atoms with E-state index in [1.165, 1.54) is 11.1 Å². The highest BCUT2D eigenvalue weighted by Crippen LogP contribution is 2.43. The molecule has 0 atom stereocenters. The van der Waals surface area contributed by atoms with Crippen molar-refractivity contribution >= 4 is 0 Å². The highest BCUT2D eigenvalue weighted by molar-refractivity contribution is 5.83. The van der Waals surface area contributed by atoms with Crippen molar-refractivity contribution in [1.29, 1.82) is 5.26 Å². The molecule has 0 aliphatic carbocycles. The van der Waals surface area contributed by atoms with Gasteiger partial charge in [-0.15, -0.1) is 0 Å². The van der Waals surface area contributed by atoms with Crippen LogP contribution in [0.25, 0.3) is 22.4 Å². The Morgan fingerprint density at radius 3 is 2.57 bits per heavy atom. The first-order chi connectivity index (χ1) is 11.1. The van der Waals surface area contributed by atoms with Crippen molar-refractivity contribution in [3.63, 3.8) is 0 Å². The molecule has 1 aromatic carbocycles. The molecule has 0 N–H and O–H groups in total. The van der Waals surface area contributed by atoms with Crippen molar-refractivity contribution in [2.24, 2.45) is 0 Å². The number of fused-ring (bicyclic) bond motifs is 3. The van der Waals surface area contributed by atoms with Crippen LogP contribution in [-0.4, -0.2) is 9.55 Å². The maximum absolute atomic E-state index is 9.84. The Kier molecular flexibility index (Phi) is 2.89. The van der Waals surface area contributed by atoms with Gasteiger partial charge in [0.1, 0.15) is 6.07 Å². The number of nitriles is 1. The van der Waals surface area contributed by atoms with Crippen molar-refractivity contribution in [2.45, 2.75) is 25.8 Å². The van der Waals surface area contributed by atoms with E-state index < -0.39 is 0 Å². The van der Waals surface area contributed by atoms with E-state index in [-0.39, 0.29) is 5.54 Å². The summed E-state index contributed by atoms with van der Waals surface area (Å²) < 4.78 is 2.27. The number of aromatic nitrogens is 2. The second-order valence-electron chi connectivity index (χ2n) is 6.63. The largest absolute Gasteiger partial charge is 0.340 e. The highest BCUT2D eigenvalue weighted by atomic mass is 15.1. The third kappa shape index (κ3) is 1.99. The summed E-state index contributed by atoms with van der Waals surface area (Å²) in [4.78, 5) is 4.08. The number of rotatable bonds is 1. The van der Waals surface area contributed by atoms with Crippen LogP contribution in [0, 0.1) is 11.3 Å². The summed E-state index contributed by atoms with van der Waals surface area (Å²) in [5.74, 6) is 0. The third-order valence-electron chi connectivity index (χ3n) is 4.66. The average molecular weight is 299 g/mol. The molecule has 0 amide bonds. The maximum atomic E-state index is 9.84. The fourth-order valence-corrected chi connectivity index (χ4v) is 3.57. The fraction of sp³-hybridized carbons (Fsp3) is 0.200. The van der Waals surface area contributed by atoms with E-state index in [0.29, 0.717) is 0 Å². The molecule has 0 radical (unpaired) electrons. The smallest absolute Gasteiger partial charge is 0.102 e. The van der Waals surface area contributed by atoms with Gasteiger partial charge in [-0.1, -0.05) is 24.3 Å². The minimum atomic E-state index is -0.0550. The van der Waals surface area contributed by atoms with E-state index in [9.17, 15) is 5.26 Å². The Morgan fingerprint density at radius 1 is 1.09 bits per heavy atom. The standard InChI is InChI=1S/C20H17N3/c1-20(2)11-15-5-3-4-6-16(15)19-17(12-21)18(13-23(19)20)14-7-9-22-10-8-14/h3-10,13H,11H2,1-2H3. The lowest BCUT2D eigenvalue weighted by Gasteiger charge is -2.35. The van der Waals surface area contributed by atoms with Crippen molar-refractivity contribution in [2.75, 3.05) is 0 Å². The molecule has 0 spiro atoms. The molecule has 23 heavy (non-hydrogen) atoms. The van der Waals surface area contributed by atoms with Crippen molar-refractivity contribution < 1.29 is 0 Å². The first-order valence-corrected chi connectivity index (χ1v) is 7.76. The van der Waals surface area contributed by atoms with Crippen molar-refractivity contribution in [3.05, 3.63) is 66.1 Å². The molecule has 3 aromatic rings. The molecule has 112 valence electrons. The van der Waals surface area contributed by atoms with Gasteiger partial charge < -0.3 is 4.57 Å². The molecule has 2 aromatic heterocycles. The lowest BCUT2D eigenvalue weighted by Crippen LogP contribution is -2.32. The second kappa shape index (κ2) is 4.82. The summed E-state index contributed by atoms with van der Waals surface area (Å²) >= 11 is 0. The topological polar surface area (TPSA) is 41.6 Å². The van der Waals surface area contributed by atoms with Crippen LogP contribution < -0.4 is 0 Å². The van der Waals surface area contributed by atoms with E-state index in [1.54, 1.807) is 12.4 Å². The number of hydrogen-bond acceptors (Lipinski definition) is 2. The maximum Gasteiger partial charge on any atom is 0.102 e. The predicted octanol–water partition coefficient (Wildman–Crippen LogP) is 4.38. The zero-order chi connectivity index (χ0) is 16.0. The normalized spacial score (nSPS) is 14.7. The van der Waals surface area contributed by atoms with Gasteiger partial charge in [0.05, 0.1) is 11.3 Å². The van der Waals surface area contributed by atoms with Crippen LogP contribution in [0.2, 0.25) is 0 Å². The zero-order valence-electron chi connectivity index (χ0n) is 13.2. The van der Waals surface area contributed by atoms with Gasteiger partial charge in [-0.05, 0) is 43.5 Å². The minimum Gasteiger partial charge on any atom is -0.340 e. The summed E-state index contributed by atoms with van der Waals surface area (Å²) in [6.07, 6.45) is 6.63. The van der Waals surface area contributed by atoms with Gasteiger partial charge in [-0.25, -0.2) is 0 Å². The van der Waals surface area contributed by atoms with E-state index in [1.807, 2.05) is 18.2 Å². The molecule has 0 bridgehead atoms. The quantitative estimate of drug-likeness (QED) is 0.669. The Bertz CT molecular complexity index is 927. The Balaban J connectivity index is 2.07. The van der Waals surface area contributed by atoms with Gasteiger partial charge in [-0.2, -0.15) is 5.26 Å². The molecule has 4 rings (SSSR count). The SMILES string of the molecule is CC1(C)Cc2ccccc2-c2c(C#N)c(-c3ccncc3)cn21. The van der Waals surface area contributed by atoms with Crippen LogP contribution in [0.4, 0.5) is 0 Å². The van der Waals surface area contributed by atoms with Gasteiger partial charge in [0.2, 0.25) is 0 Å². The number of hydrogen-bond donors (Lipinski definition) is 0. The number of nitrogens with zero attached hydrogens (tertiary/aromatic N) is 3. The van der Waals surface area contributed by atoms with Gasteiger partial charge >= 0.3 is 0 Å². The molecule has 0 saturated carbocycles. The monoisotopic (exact) mass is 299 g/mol. The zero-order valence-corrected chi connectivity index (χ0v) is 13.2. The van der Waals surface area contributed by atoms with E-state index in [4.69, 9.17) is 0 Å². The van der Waals surface area contributed by atoms with E-state index in [2.05, 4.69) is 53.9 Å². The molecule has 0 unspecified atom stereocenters. The Morgan fingerprint density at radius 2 is 1.83 bits per heavy atom. The molecule has 0 saturated heterocycles. The van der Waals surface area contributed by atoms with Crippen molar-refractivity contribution in [1.82, 2.24) is 9.55 Å². The van der Waals surface area contributed by atoms with Gasteiger partial charge in [0.15, 0.2) is 0 Å². The van der Waals surface area contributed by atoms with Crippen molar-refractivity contribution in [3.8, 4) is 28.5 Å². The molecule has 1 aliphatic heterocycles.